The lowest BCUT2D eigenvalue weighted by Gasteiger charge is -2.22. The van der Waals surface area contributed by atoms with Crippen molar-refractivity contribution in [3.63, 3.8) is 0 Å². The average molecular weight is 1740 g/mol. The van der Waals surface area contributed by atoms with Crippen molar-refractivity contribution in [1.82, 2.24) is 43.6 Å². The van der Waals surface area contributed by atoms with Gasteiger partial charge in [0.05, 0.1) is 67.3 Å². The van der Waals surface area contributed by atoms with Crippen molar-refractivity contribution in [2.24, 2.45) is 0 Å². The molecule has 0 aliphatic heterocycles. The lowest BCUT2D eigenvalue weighted by Crippen LogP contribution is -2.04. The first-order chi connectivity index (χ1) is 66.9. The zero-order valence-electron chi connectivity index (χ0n) is 75.1. The van der Waals surface area contributed by atoms with Gasteiger partial charge in [-0.25, -0.2) is 29.9 Å². The summed E-state index contributed by atoms with van der Waals surface area (Å²) in [4.78, 5) is 30.0. The highest BCUT2D eigenvalue weighted by molar-refractivity contribution is 6.13. The summed E-state index contributed by atoms with van der Waals surface area (Å²) in [5.41, 5.74) is 33.5. The van der Waals surface area contributed by atoms with Gasteiger partial charge in [0.25, 0.3) is 0 Å². The maximum atomic E-state index is 5.08. The summed E-state index contributed by atoms with van der Waals surface area (Å²) < 4.78 is 7.19. The lowest BCUT2D eigenvalue weighted by atomic mass is 9.83. The molecule has 0 N–H and O–H groups in total. The van der Waals surface area contributed by atoms with E-state index in [-0.39, 0.29) is 0 Å². The number of aromatic nitrogens is 9. The van der Waals surface area contributed by atoms with Crippen molar-refractivity contribution >= 4 is 65.4 Å². The smallest absolute Gasteiger partial charge is 0.160 e. The number of benzene rings is 17. The van der Waals surface area contributed by atoms with E-state index in [4.69, 9.17) is 29.9 Å². The topological polar surface area (TPSA) is 92.1 Å². The van der Waals surface area contributed by atoms with Crippen molar-refractivity contribution in [3.05, 3.63) is 466 Å². The van der Waals surface area contributed by atoms with Gasteiger partial charge in [0, 0.05) is 99.5 Å². The lowest BCUT2D eigenvalue weighted by molar-refractivity contribution is 0.444. The van der Waals surface area contributed by atoms with Crippen molar-refractivity contribution in [2.75, 3.05) is 0 Å². The molecule has 9 heteroatoms. The first kappa shape index (κ1) is 82.8. The van der Waals surface area contributed by atoms with Crippen LogP contribution in [0.1, 0.15) is 87.2 Å². The third-order valence-electron chi connectivity index (χ3n) is 27.3. The summed E-state index contributed by atoms with van der Waals surface area (Å²) in [6.45, 7) is 0. The van der Waals surface area contributed by atoms with Gasteiger partial charge in [-0.1, -0.05) is 378 Å². The van der Waals surface area contributed by atoms with E-state index in [1.165, 1.54) is 169 Å². The average Bonchev–Trinajstić information content (AvgIpc) is 1.60. The first-order valence-corrected chi connectivity index (χ1v) is 47.5. The molecule has 23 aromatic rings. The molecular weight excluding hydrogens is 1640 g/mol. The van der Waals surface area contributed by atoms with Crippen LogP contribution in [0, 0.1) is 0 Å². The second-order valence-electron chi connectivity index (χ2n) is 35.7. The number of fused-ring (bicyclic) bond motifs is 9. The molecule has 25 rings (SSSR count). The van der Waals surface area contributed by atoms with Crippen LogP contribution in [0.15, 0.2) is 455 Å². The van der Waals surface area contributed by atoms with Gasteiger partial charge >= 0.3 is 0 Å². The highest BCUT2D eigenvalue weighted by atomic mass is 15.0. The van der Waals surface area contributed by atoms with E-state index >= 15 is 0 Å². The minimum Gasteiger partial charge on any atom is -0.309 e. The molecule has 646 valence electrons. The van der Waals surface area contributed by atoms with Gasteiger partial charge in [-0.3, -0.25) is 0 Å². The summed E-state index contributed by atoms with van der Waals surface area (Å²) in [5.74, 6) is 3.56. The Morgan fingerprint density at radius 3 is 0.652 bits per heavy atom. The van der Waals surface area contributed by atoms with Crippen LogP contribution in [-0.2, 0) is 0 Å². The molecule has 6 heterocycles. The predicted molar refractivity (Wildman–Crippen MR) is 561 cm³/mol. The molecule has 9 nitrogen and oxygen atoms in total. The Bertz CT molecular complexity index is 7760. The van der Waals surface area contributed by atoms with Gasteiger partial charge in [-0.15, -0.1) is 0 Å². The van der Waals surface area contributed by atoms with Crippen molar-refractivity contribution in [2.45, 2.75) is 76.0 Å². The second kappa shape index (κ2) is 37.3. The number of hydrogen-bond donors (Lipinski definition) is 0. The molecule has 0 unspecified atom stereocenters. The first-order valence-electron chi connectivity index (χ1n) is 47.5. The molecule has 0 bridgehead atoms. The van der Waals surface area contributed by atoms with E-state index in [0.717, 1.165) is 107 Å². The van der Waals surface area contributed by atoms with Crippen LogP contribution in [0.2, 0.25) is 0 Å². The largest absolute Gasteiger partial charge is 0.309 e. The fourth-order valence-electron chi connectivity index (χ4n) is 20.4. The maximum Gasteiger partial charge on any atom is 0.160 e. The normalized spacial score (nSPS) is 13.0. The summed E-state index contributed by atoms with van der Waals surface area (Å²) in [5, 5.41) is 7.78. The van der Waals surface area contributed by atoms with E-state index in [0.29, 0.717) is 17.7 Å². The molecule has 2 fully saturated rings. The Kier molecular flexibility index (Phi) is 22.9. The number of para-hydroxylation sites is 2. The van der Waals surface area contributed by atoms with Gasteiger partial charge in [0.15, 0.2) is 17.5 Å². The van der Waals surface area contributed by atoms with Crippen LogP contribution >= 0.6 is 0 Å². The Morgan fingerprint density at radius 1 is 0.156 bits per heavy atom. The monoisotopic (exact) mass is 1740 g/mol. The van der Waals surface area contributed by atoms with Crippen LogP contribution < -0.4 is 0 Å². The fourth-order valence-corrected chi connectivity index (χ4v) is 20.4. The minimum atomic E-state index is 0.687. The zero-order valence-corrected chi connectivity index (χ0v) is 75.1. The summed E-state index contributed by atoms with van der Waals surface area (Å²) in [6.07, 6.45) is 13.5. The molecule has 0 saturated heterocycles. The predicted octanol–water partition coefficient (Wildman–Crippen LogP) is 33.2. The maximum absolute atomic E-state index is 5.08. The van der Waals surface area contributed by atoms with Crippen LogP contribution in [-0.4, -0.2) is 43.6 Å². The Labute approximate surface area is 786 Å². The summed E-state index contributed by atoms with van der Waals surface area (Å²) in [7, 11) is 0. The Balaban J connectivity index is 0.000000115. The summed E-state index contributed by atoms with van der Waals surface area (Å²) >= 11 is 0. The number of nitrogens with zero attached hydrogens (tertiary/aromatic N) is 9. The van der Waals surface area contributed by atoms with Crippen molar-refractivity contribution < 1.29 is 0 Å². The van der Waals surface area contributed by atoms with Crippen molar-refractivity contribution in [3.8, 4) is 141 Å². The van der Waals surface area contributed by atoms with E-state index in [1.54, 1.807) is 0 Å². The van der Waals surface area contributed by atoms with Gasteiger partial charge in [0.1, 0.15) is 0 Å². The third-order valence-corrected chi connectivity index (χ3v) is 27.3. The van der Waals surface area contributed by atoms with Crippen LogP contribution in [0.25, 0.3) is 206 Å². The Morgan fingerprint density at radius 2 is 0.370 bits per heavy atom. The third kappa shape index (κ3) is 17.0. The van der Waals surface area contributed by atoms with Crippen LogP contribution in [0.5, 0.6) is 0 Å². The molecule has 6 aromatic heterocycles. The van der Waals surface area contributed by atoms with Gasteiger partial charge in [-0.05, 0) is 186 Å². The quantitative estimate of drug-likeness (QED) is 0.0957. The van der Waals surface area contributed by atoms with Crippen LogP contribution in [0.4, 0.5) is 0 Å². The fraction of sp³-hybridized carbons (Fsp3) is 0.0952. The molecule has 17 aromatic carbocycles. The molecule has 2 aliphatic rings. The Hall–Kier alpha value is -16.6. The number of rotatable bonds is 16. The zero-order chi connectivity index (χ0) is 89.8. The molecule has 2 aliphatic carbocycles. The van der Waals surface area contributed by atoms with E-state index in [9.17, 15) is 0 Å². The highest BCUT2D eigenvalue weighted by Crippen LogP contribution is 2.45. The minimum absolute atomic E-state index is 0.687. The molecule has 0 atom stereocenters. The van der Waals surface area contributed by atoms with Crippen LogP contribution in [0.3, 0.4) is 0 Å². The molecule has 0 amide bonds. The summed E-state index contributed by atoms with van der Waals surface area (Å²) in [6, 6.07) is 161. The SMILES string of the molecule is c1ccc(-c2cc(-c3ccc(-n4c5ccc(C6CCCCC6)cc5c5cc(C6CCCCC6)ccc54)cc3)nc(-c3ccccc3)n2)cc1.c1ccc(-c2cc(-c3ccc(-n4c5ccccc5c5ccccc54)cc3)nc(-c3ccccc3)n2)cc1.c1ccc(-c2ccc3c(c2)c2cc(-c4ccccc4)ccc2n3-c2ccc(-c3cc(-c4ccccc4)nc(-c4ccccc4)n3)cc2)cc1. The standard InChI is InChI=1S/C46H43N3.C46H31N3.C34H23N3/c2*1-5-13-32(14-6-1)37-23-27-44-40(29-37)41-30-38(33-15-7-2-8-16-33)24-28-45(41)49(44)39-25-21-35(22-26-39)43-31-42(34-17-9-3-10-18-34)47-46(48-43)36-19-11-4-12-20-36;1-3-11-24(12-4-1)30-23-31(36-34(35-30)26-13-5-2-6-14-26)25-19-21-27(22-20-25)37-32-17-9-7-15-28(32)29-16-8-10-18-33(29)37/h3-4,9-12,17-33H,1-2,5-8,13-16H2;1-31H;1-23H. The number of hydrogen-bond acceptors (Lipinski definition) is 6. The second-order valence-corrected chi connectivity index (χ2v) is 35.7. The van der Waals surface area contributed by atoms with Gasteiger partial charge < -0.3 is 13.7 Å². The van der Waals surface area contributed by atoms with E-state index < -0.39 is 0 Å². The molecule has 2 saturated carbocycles. The highest BCUT2D eigenvalue weighted by Gasteiger charge is 2.25. The van der Waals surface area contributed by atoms with E-state index in [2.05, 4.69) is 372 Å². The molecule has 135 heavy (non-hydrogen) atoms. The molecule has 0 radical (unpaired) electrons. The van der Waals surface area contributed by atoms with Gasteiger partial charge in [-0.2, -0.15) is 0 Å². The van der Waals surface area contributed by atoms with E-state index in [1.807, 2.05) is 97.1 Å². The molecular formula is C126H97N9. The molecule has 0 spiro atoms. The van der Waals surface area contributed by atoms with Crippen molar-refractivity contribution in [1.29, 1.82) is 0 Å². The van der Waals surface area contributed by atoms with Gasteiger partial charge in [0.2, 0.25) is 0 Å².